The van der Waals surface area contributed by atoms with Gasteiger partial charge in [-0.15, -0.1) is 0 Å². The number of aliphatic carboxylic acids is 1. The highest BCUT2D eigenvalue weighted by Gasteiger charge is 2.56. The number of carboxylic acids is 1. The number of benzene rings is 1. The molecule has 1 aromatic rings. The number of rotatable bonds is 2. The van der Waals surface area contributed by atoms with Crippen LogP contribution in [0, 0.1) is 11.6 Å². The highest BCUT2D eigenvalue weighted by atomic mass is 19.2. The number of halogens is 2. The van der Waals surface area contributed by atoms with E-state index in [4.69, 9.17) is 9.47 Å². The first-order valence-corrected chi connectivity index (χ1v) is 5.58. The maximum absolute atomic E-state index is 13.9. The quantitative estimate of drug-likeness (QED) is 0.877. The molecule has 18 heavy (non-hydrogen) atoms. The van der Waals surface area contributed by atoms with E-state index in [0.717, 1.165) is 6.07 Å². The third-order valence-electron chi connectivity index (χ3n) is 3.36. The first-order chi connectivity index (χ1) is 8.56. The summed E-state index contributed by atoms with van der Waals surface area (Å²) in [5, 5.41) is 9.19. The smallest absolute Gasteiger partial charge is 0.314 e. The van der Waals surface area contributed by atoms with Crippen LogP contribution in [0.2, 0.25) is 0 Å². The minimum Gasteiger partial charge on any atom is -0.486 e. The molecule has 1 heterocycles. The number of hydrogen-bond donors (Lipinski definition) is 1. The van der Waals surface area contributed by atoms with E-state index in [1.165, 1.54) is 0 Å². The Morgan fingerprint density at radius 1 is 1.28 bits per heavy atom. The first kappa shape index (κ1) is 11.3. The molecule has 0 saturated heterocycles. The van der Waals surface area contributed by atoms with E-state index in [1.54, 1.807) is 0 Å². The highest BCUT2D eigenvalue weighted by Crippen LogP contribution is 2.55. The second-order valence-electron chi connectivity index (χ2n) is 4.46. The molecule has 2 aliphatic rings. The molecular weight excluding hydrogens is 246 g/mol. The van der Waals surface area contributed by atoms with Crippen molar-refractivity contribution in [2.24, 2.45) is 0 Å². The van der Waals surface area contributed by atoms with Crippen LogP contribution in [0.15, 0.2) is 6.07 Å². The lowest BCUT2D eigenvalue weighted by atomic mass is 9.93. The minimum absolute atomic E-state index is 0.0278. The molecule has 1 N–H and O–H groups in total. The van der Waals surface area contributed by atoms with Gasteiger partial charge in [-0.3, -0.25) is 4.79 Å². The van der Waals surface area contributed by atoms with Crippen molar-refractivity contribution in [3.05, 3.63) is 23.3 Å². The van der Waals surface area contributed by atoms with E-state index in [9.17, 15) is 18.7 Å². The number of ether oxygens (including phenoxy) is 2. The van der Waals surface area contributed by atoms with Crippen LogP contribution in [0.3, 0.4) is 0 Å². The van der Waals surface area contributed by atoms with Gasteiger partial charge in [0.2, 0.25) is 0 Å². The van der Waals surface area contributed by atoms with Gasteiger partial charge in [0, 0.05) is 6.07 Å². The molecule has 0 aromatic heterocycles. The minimum atomic E-state index is -1.36. The molecular formula is C12H10F2O4. The fourth-order valence-electron chi connectivity index (χ4n) is 2.26. The van der Waals surface area contributed by atoms with E-state index >= 15 is 0 Å². The van der Waals surface area contributed by atoms with Crippen LogP contribution in [0.25, 0.3) is 0 Å². The zero-order valence-corrected chi connectivity index (χ0v) is 9.33. The van der Waals surface area contributed by atoms with Gasteiger partial charge < -0.3 is 14.6 Å². The summed E-state index contributed by atoms with van der Waals surface area (Å²) in [5.74, 6) is -3.33. The Morgan fingerprint density at radius 2 is 1.94 bits per heavy atom. The Labute approximate surface area is 101 Å². The molecule has 1 fully saturated rings. The predicted molar refractivity (Wildman–Crippen MR) is 55.9 cm³/mol. The molecule has 3 rings (SSSR count). The van der Waals surface area contributed by atoms with Crippen molar-refractivity contribution in [1.82, 2.24) is 0 Å². The van der Waals surface area contributed by atoms with Gasteiger partial charge in [-0.25, -0.2) is 8.78 Å². The Hall–Kier alpha value is -1.85. The van der Waals surface area contributed by atoms with Crippen LogP contribution in [-0.4, -0.2) is 24.3 Å². The van der Waals surface area contributed by atoms with Gasteiger partial charge in [0.25, 0.3) is 0 Å². The summed E-state index contributed by atoms with van der Waals surface area (Å²) in [6, 6.07) is 0.894. The van der Waals surface area contributed by atoms with Gasteiger partial charge in [0.05, 0.1) is 11.0 Å². The molecule has 0 unspecified atom stereocenters. The Kier molecular flexibility index (Phi) is 2.23. The average Bonchev–Trinajstić information content (AvgIpc) is 3.12. The normalized spacial score (nSPS) is 19.4. The molecule has 4 nitrogen and oxygen atoms in total. The van der Waals surface area contributed by atoms with Gasteiger partial charge in [-0.1, -0.05) is 0 Å². The number of hydrogen-bond acceptors (Lipinski definition) is 3. The van der Waals surface area contributed by atoms with Crippen molar-refractivity contribution in [3.63, 3.8) is 0 Å². The largest absolute Gasteiger partial charge is 0.486 e. The lowest BCUT2D eigenvalue weighted by Gasteiger charge is -2.24. The summed E-state index contributed by atoms with van der Waals surface area (Å²) in [4.78, 5) is 11.2. The SMILES string of the molecule is O=C(O)C1(c2c(F)c(F)cc3c2OCCO3)CC1. The second-order valence-corrected chi connectivity index (χ2v) is 4.46. The lowest BCUT2D eigenvalue weighted by Crippen LogP contribution is -2.26. The molecule has 0 amide bonds. The van der Waals surface area contributed by atoms with Gasteiger partial charge in [-0.05, 0) is 12.8 Å². The van der Waals surface area contributed by atoms with Gasteiger partial charge in [0.1, 0.15) is 13.2 Å². The van der Waals surface area contributed by atoms with Gasteiger partial charge in [-0.2, -0.15) is 0 Å². The summed E-state index contributed by atoms with van der Waals surface area (Å²) in [6.45, 7) is 0.429. The van der Waals surface area contributed by atoms with Crippen molar-refractivity contribution in [3.8, 4) is 11.5 Å². The maximum atomic E-state index is 13.9. The molecule has 1 aliphatic carbocycles. The third kappa shape index (κ3) is 1.38. The lowest BCUT2D eigenvalue weighted by molar-refractivity contribution is -0.140. The van der Waals surface area contributed by atoms with Crippen LogP contribution in [0.1, 0.15) is 18.4 Å². The van der Waals surface area contributed by atoms with E-state index in [-0.39, 0.29) is 43.1 Å². The van der Waals surface area contributed by atoms with Crippen LogP contribution in [-0.2, 0) is 10.2 Å². The number of fused-ring (bicyclic) bond motifs is 1. The van der Waals surface area contributed by atoms with Crippen molar-refractivity contribution in [2.75, 3.05) is 13.2 Å². The average molecular weight is 256 g/mol. The molecule has 0 radical (unpaired) electrons. The number of carboxylic acid groups (broad SMARTS) is 1. The van der Waals surface area contributed by atoms with E-state index in [0.29, 0.717) is 0 Å². The Bertz CT molecular complexity index is 537. The molecule has 0 atom stereocenters. The summed E-state index contributed by atoms with van der Waals surface area (Å²) in [7, 11) is 0. The third-order valence-corrected chi connectivity index (χ3v) is 3.36. The second kappa shape index (κ2) is 3.57. The van der Waals surface area contributed by atoms with Crippen molar-refractivity contribution < 1.29 is 28.2 Å². The van der Waals surface area contributed by atoms with Crippen LogP contribution < -0.4 is 9.47 Å². The monoisotopic (exact) mass is 256 g/mol. The molecule has 0 spiro atoms. The van der Waals surface area contributed by atoms with E-state index in [1.807, 2.05) is 0 Å². The van der Waals surface area contributed by atoms with Crippen LogP contribution >= 0.6 is 0 Å². The summed E-state index contributed by atoms with van der Waals surface area (Å²) in [5.41, 5.74) is -1.58. The summed E-state index contributed by atoms with van der Waals surface area (Å²) >= 11 is 0. The standard InChI is InChI=1S/C12H10F2O4/c13-6-5-7-10(18-4-3-17-7)8(9(6)14)12(1-2-12)11(15)16/h5H,1-4H2,(H,15,16). The molecule has 6 heteroatoms. The van der Waals surface area contributed by atoms with Crippen LogP contribution in [0.5, 0.6) is 11.5 Å². The first-order valence-electron chi connectivity index (χ1n) is 5.58. The Morgan fingerprint density at radius 3 is 2.56 bits per heavy atom. The highest BCUT2D eigenvalue weighted by molar-refractivity contribution is 5.86. The molecule has 1 saturated carbocycles. The molecule has 0 bridgehead atoms. The fraction of sp³-hybridized carbons (Fsp3) is 0.417. The van der Waals surface area contributed by atoms with Crippen LogP contribution in [0.4, 0.5) is 8.78 Å². The zero-order chi connectivity index (χ0) is 12.9. The molecule has 96 valence electrons. The van der Waals surface area contributed by atoms with E-state index in [2.05, 4.69) is 0 Å². The van der Waals surface area contributed by atoms with Gasteiger partial charge in [0.15, 0.2) is 23.1 Å². The molecule has 1 aliphatic heterocycles. The fourth-order valence-corrected chi connectivity index (χ4v) is 2.26. The van der Waals surface area contributed by atoms with Crippen molar-refractivity contribution >= 4 is 5.97 Å². The summed E-state index contributed by atoms with van der Waals surface area (Å²) < 4.78 is 37.8. The maximum Gasteiger partial charge on any atom is 0.314 e. The van der Waals surface area contributed by atoms with Gasteiger partial charge >= 0.3 is 5.97 Å². The zero-order valence-electron chi connectivity index (χ0n) is 9.33. The summed E-state index contributed by atoms with van der Waals surface area (Å²) in [6.07, 6.45) is 0.553. The predicted octanol–water partition coefficient (Wildman–Crippen LogP) is 1.85. The topological polar surface area (TPSA) is 55.8 Å². The Balaban J connectivity index is 2.24. The van der Waals surface area contributed by atoms with Crippen molar-refractivity contribution in [1.29, 1.82) is 0 Å². The van der Waals surface area contributed by atoms with Crippen molar-refractivity contribution in [2.45, 2.75) is 18.3 Å². The van der Waals surface area contributed by atoms with E-state index < -0.39 is 23.0 Å². The molecule has 1 aromatic carbocycles. The number of carbonyl (C=O) groups is 1.